The molecule has 0 aromatic carbocycles. The fraction of sp³-hybridized carbons (Fsp3) is 0.125. The highest BCUT2D eigenvalue weighted by Gasteiger charge is 2.35. The van der Waals surface area contributed by atoms with Crippen molar-refractivity contribution in [2.75, 3.05) is 0 Å². The maximum atomic E-state index is 12.6. The van der Waals surface area contributed by atoms with Crippen LogP contribution in [0.1, 0.15) is 5.69 Å². The van der Waals surface area contributed by atoms with E-state index in [0.29, 0.717) is 0 Å². The molecule has 0 aliphatic heterocycles. The van der Waals surface area contributed by atoms with Crippen molar-refractivity contribution in [1.29, 1.82) is 0 Å². The van der Waals surface area contributed by atoms with Gasteiger partial charge in [-0.05, 0) is 28.1 Å². The normalized spacial score (nSPS) is 12.3. The third-order valence-electron chi connectivity index (χ3n) is 1.78. The molecule has 0 spiro atoms. The standard InChI is InChI=1S/C8H4BrF3N2/c9-5-1-2-6-13-3-4-14(6)7(5)8(10,11)12/h1-4H. The number of pyridine rings is 1. The molecule has 0 aliphatic rings. The van der Waals surface area contributed by atoms with E-state index < -0.39 is 11.9 Å². The zero-order chi connectivity index (χ0) is 10.3. The summed E-state index contributed by atoms with van der Waals surface area (Å²) in [6, 6.07) is 2.85. The maximum Gasteiger partial charge on any atom is 0.432 e. The van der Waals surface area contributed by atoms with E-state index in [0.717, 1.165) is 4.40 Å². The van der Waals surface area contributed by atoms with Crippen LogP contribution in [0.25, 0.3) is 5.65 Å². The molecule has 2 rings (SSSR count). The largest absolute Gasteiger partial charge is 0.432 e. The third kappa shape index (κ3) is 1.39. The number of aromatic nitrogens is 2. The molecule has 0 unspecified atom stereocenters. The fourth-order valence-corrected chi connectivity index (χ4v) is 1.79. The van der Waals surface area contributed by atoms with E-state index in [4.69, 9.17) is 0 Å². The Morgan fingerprint density at radius 1 is 1.29 bits per heavy atom. The van der Waals surface area contributed by atoms with Gasteiger partial charge >= 0.3 is 6.18 Å². The van der Waals surface area contributed by atoms with Gasteiger partial charge in [-0.3, -0.25) is 4.40 Å². The Morgan fingerprint density at radius 2 is 2.00 bits per heavy atom. The molecule has 2 nitrogen and oxygen atoms in total. The van der Waals surface area contributed by atoms with Crippen LogP contribution in [0.2, 0.25) is 0 Å². The molecular formula is C8H4BrF3N2. The Hall–Kier alpha value is -1.04. The van der Waals surface area contributed by atoms with Gasteiger partial charge in [-0.2, -0.15) is 13.2 Å². The molecule has 2 aromatic heterocycles. The van der Waals surface area contributed by atoms with Crippen LogP contribution in [0, 0.1) is 0 Å². The molecule has 0 saturated heterocycles. The Kier molecular flexibility index (Phi) is 2.02. The Balaban J connectivity index is 2.83. The number of halogens is 4. The van der Waals surface area contributed by atoms with Crippen LogP contribution < -0.4 is 0 Å². The summed E-state index contributed by atoms with van der Waals surface area (Å²) in [5, 5.41) is 0. The van der Waals surface area contributed by atoms with E-state index >= 15 is 0 Å². The first-order valence-corrected chi connectivity index (χ1v) is 4.48. The molecule has 74 valence electrons. The lowest BCUT2D eigenvalue weighted by atomic mass is 10.3. The van der Waals surface area contributed by atoms with E-state index in [9.17, 15) is 13.2 Å². The Bertz CT molecular complexity index is 475. The lowest BCUT2D eigenvalue weighted by Gasteiger charge is -2.11. The summed E-state index contributed by atoms with van der Waals surface area (Å²) in [5.74, 6) is 0. The van der Waals surface area contributed by atoms with Crippen molar-refractivity contribution in [1.82, 2.24) is 9.38 Å². The van der Waals surface area contributed by atoms with Gasteiger partial charge in [0, 0.05) is 16.9 Å². The molecule has 0 atom stereocenters. The summed E-state index contributed by atoms with van der Waals surface area (Å²) in [6.45, 7) is 0. The molecule has 0 fully saturated rings. The molecule has 0 saturated carbocycles. The molecule has 14 heavy (non-hydrogen) atoms. The number of rotatable bonds is 0. The third-order valence-corrected chi connectivity index (χ3v) is 2.42. The molecule has 0 bridgehead atoms. The van der Waals surface area contributed by atoms with Crippen LogP contribution in [-0.2, 0) is 6.18 Å². The summed E-state index contributed by atoms with van der Waals surface area (Å²) >= 11 is 2.87. The van der Waals surface area contributed by atoms with Crippen molar-refractivity contribution in [2.45, 2.75) is 6.18 Å². The van der Waals surface area contributed by atoms with Gasteiger partial charge < -0.3 is 0 Å². The molecular weight excluding hydrogens is 261 g/mol. The average Bonchev–Trinajstić information content (AvgIpc) is 2.48. The molecule has 2 heterocycles. The number of nitrogens with zero attached hydrogens (tertiary/aromatic N) is 2. The molecule has 2 aromatic rings. The Morgan fingerprint density at radius 3 is 2.64 bits per heavy atom. The minimum absolute atomic E-state index is 0.00972. The maximum absolute atomic E-state index is 12.6. The highest BCUT2D eigenvalue weighted by molar-refractivity contribution is 9.10. The highest BCUT2D eigenvalue weighted by Crippen LogP contribution is 2.34. The molecule has 0 radical (unpaired) electrons. The van der Waals surface area contributed by atoms with Gasteiger partial charge in [0.1, 0.15) is 11.3 Å². The quantitative estimate of drug-likeness (QED) is 0.715. The summed E-state index contributed by atoms with van der Waals surface area (Å²) in [5.41, 5.74) is -0.465. The van der Waals surface area contributed by atoms with Gasteiger partial charge in [0.15, 0.2) is 0 Å². The smallest absolute Gasteiger partial charge is 0.295 e. The zero-order valence-corrected chi connectivity index (χ0v) is 8.30. The van der Waals surface area contributed by atoms with Gasteiger partial charge in [-0.25, -0.2) is 4.98 Å². The van der Waals surface area contributed by atoms with Gasteiger partial charge in [-0.1, -0.05) is 0 Å². The predicted molar refractivity (Wildman–Crippen MR) is 47.9 cm³/mol. The molecule has 0 aliphatic carbocycles. The first-order chi connectivity index (χ1) is 6.50. The topological polar surface area (TPSA) is 17.3 Å². The lowest BCUT2D eigenvalue weighted by Crippen LogP contribution is -2.12. The number of hydrogen-bond donors (Lipinski definition) is 0. The second-order valence-corrected chi connectivity index (χ2v) is 3.54. The molecule has 6 heteroatoms. The zero-order valence-electron chi connectivity index (χ0n) is 6.72. The van der Waals surface area contributed by atoms with Crippen LogP contribution in [0.3, 0.4) is 0 Å². The van der Waals surface area contributed by atoms with E-state index in [1.165, 1.54) is 24.5 Å². The predicted octanol–water partition coefficient (Wildman–Crippen LogP) is 3.12. The van der Waals surface area contributed by atoms with Crippen molar-refractivity contribution >= 4 is 21.6 Å². The monoisotopic (exact) mass is 264 g/mol. The van der Waals surface area contributed by atoms with E-state index in [-0.39, 0.29) is 10.1 Å². The van der Waals surface area contributed by atoms with Gasteiger partial charge in [0.05, 0.1) is 0 Å². The number of imidazole rings is 1. The first-order valence-electron chi connectivity index (χ1n) is 3.69. The Labute approximate surface area is 85.5 Å². The highest BCUT2D eigenvalue weighted by atomic mass is 79.9. The lowest BCUT2D eigenvalue weighted by molar-refractivity contribution is -0.142. The van der Waals surface area contributed by atoms with Crippen LogP contribution in [0.15, 0.2) is 29.0 Å². The van der Waals surface area contributed by atoms with Crippen molar-refractivity contribution in [3.05, 3.63) is 34.7 Å². The van der Waals surface area contributed by atoms with E-state index in [2.05, 4.69) is 20.9 Å². The van der Waals surface area contributed by atoms with Gasteiger partial charge in [-0.15, -0.1) is 0 Å². The van der Waals surface area contributed by atoms with Gasteiger partial charge in [0.25, 0.3) is 0 Å². The van der Waals surface area contributed by atoms with Crippen LogP contribution in [0.5, 0.6) is 0 Å². The molecule has 0 amide bonds. The van der Waals surface area contributed by atoms with Crippen LogP contribution in [-0.4, -0.2) is 9.38 Å². The van der Waals surface area contributed by atoms with Crippen molar-refractivity contribution in [2.24, 2.45) is 0 Å². The summed E-state index contributed by atoms with van der Waals surface area (Å²) in [4.78, 5) is 3.78. The first kappa shape index (κ1) is 9.51. The number of fused-ring (bicyclic) bond motifs is 1. The number of hydrogen-bond acceptors (Lipinski definition) is 1. The van der Waals surface area contributed by atoms with Crippen molar-refractivity contribution in [3.8, 4) is 0 Å². The summed E-state index contributed by atoms with van der Waals surface area (Å²) in [7, 11) is 0. The minimum Gasteiger partial charge on any atom is -0.295 e. The summed E-state index contributed by atoms with van der Waals surface area (Å²) < 4.78 is 38.7. The minimum atomic E-state index is -4.39. The average molecular weight is 265 g/mol. The summed E-state index contributed by atoms with van der Waals surface area (Å²) in [6.07, 6.45) is -1.78. The van der Waals surface area contributed by atoms with Crippen molar-refractivity contribution < 1.29 is 13.2 Å². The molecule has 0 N–H and O–H groups in total. The van der Waals surface area contributed by atoms with E-state index in [1.807, 2.05) is 0 Å². The number of alkyl halides is 3. The second-order valence-electron chi connectivity index (χ2n) is 2.68. The van der Waals surface area contributed by atoms with Crippen LogP contribution >= 0.6 is 15.9 Å². The van der Waals surface area contributed by atoms with Gasteiger partial charge in [0.2, 0.25) is 0 Å². The fourth-order valence-electron chi connectivity index (χ4n) is 1.24. The second kappa shape index (κ2) is 2.98. The van der Waals surface area contributed by atoms with E-state index in [1.54, 1.807) is 0 Å². The SMILES string of the molecule is FC(F)(F)c1c(Br)ccc2nccn12. The van der Waals surface area contributed by atoms with Crippen molar-refractivity contribution in [3.63, 3.8) is 0 Å². The van der Waals surface area contributed by atoms with Crippen LogP contribution in [0.4, 0.5) is 13.2 Å².